The van der Waals surface area contributed by atoms with Crippen LogP contribution in [0.2, 0.25) is 5.02 Å². The van der Waals surface area contributed by atoms with E-state index in [0.717, 1.165) is 39.6 Å². The minimum atomic E-state index is 0.0121. The Morgan fingerprint density at radius 3 is 2.68 bits per heavy atom. The number of nitrogens with one attached hydrogen (secondary N) is 1. The predicted molar refractivity (Wildman–Crippen MR) is 107 cm³/mol. The first-order valence-electron chi connectivity index (χ1n) is 8.30. The molecule has 2 aromatic carbocycles. The van der Waals surface area contributed by atoms with Crippen LogP contribution < -0.4 is 10.1 Å². The van der Waals surface area contributed by atoms with E-state index in [2.05, 4.69) is 18.3 Å². The van der Waals surface area contributed by atoms with Gasteiger partial charge in [-0.25, -0.2) is 0 Å². The van der Waals surface area contributed by atoms with Gasteiger partial charge in [0, 0.05) is 10.8 Å². The Hall–Kier alpha value is -1.65. The summed E-state index contributed by atoms with van der Waals surface area (Å²) in [7, 11) is 1.66. The summed E-state index contributed by atoms with van der Waals surface area (Å²) < 4.78 is 5.30. The van der Waals surface area contributed by atoms with E-state index in [1.165, 1.54) is 0 Å². The highest BCUT2D eigenvalue weighted by Gasteiger charge is 2.14. The first-order valence-corrected chi connectivity index (χ1v) is 9.83. The molecule has 0 aliphatic heterocycles. The summed E-state index contributed by atoms with van der Waals surface area (Å²) in [6, 6.07) is 13.8. The SMILES string of the molecule is CC[C@@H](NC(=O)CSCc1ccccc1Cl)c1ccc(OC)c(C)c1. The molecule has 5 heteroatoms. The summed E-state index contributed by atoms with van der Waals surface area (Å²) in [6.07, 6.45) is 0.840. The van der Waals surface area contributed by atoms with Gasteiger partial charge < -0.3 is 10.1 Å². The summed E-state index contributed by atoms with van der Waals surface area (Å²) in [6.45, 7) is 4.08. The van der Waals surface area contributed by atoms with Crippen LogP contribution in [0, 0.1) is 6.92 Å². The third-order valence-electron chi connectivity index (χ3n) is 4.01. The van der Waals surface area contributed by atoms with Crippen LogP contribution in [0.1, 0.15) is 36.1 Å². The summed E-state index contributed by atoms with van der Waals surface area (Å²) >= 11 is 7.71. The zero-order valence-electron chi connectivity index (χ0n) is 14.8. The number of rotatable bonds is 8. The molecule has 0 aliphatic carbocycles. The maximum atomic E-state index is 12.3. The third-order valence-corrected chi connectivity index (χ3v) is 5.36. The molecule has 0 spiro atoms. The van der Waals surface area contributed by atoms with Crippen molar-refractivity contribution >= 4 is 29.3 Å². The van der Waals surface area contributed by atoms with Crippen molar-refractivity contribution in [2.75, 3.05) is 12.9 Å². The second-order valence-electron chi connectivity index (χ2n) is 5.84. The molecule has 25 heavy (non-hydrogen) atoms. The van der Waals surface area contributed by atoms with Gasteiger partial charge in [0.05, 0.1) is 18.9 Å². The number of hydrogen-bond donors (Lipinski definition) is 1. The molecule has 0 saturated heterocycles. The minimum Gasteiger partial charge on any atom is -0.496 e. The predicted octanol–water partition coefficient (Wildman–Crippen LogP) is 5.16. The highest BCUT2D eigenvalue weighted by atomic mass is 35.5. The van der Waals surface area contributed by atoms with Crippen molar-refractivity contribution < 1.29 is 9.53 Å². The molecule has 0 aliphatic rings. The average Bonchev–Trinajstić information content (AvgIpc) is 2.61. The quantitative estimate of drug-likeness (QED) is 0.690. The van der Waals surface area contributed by atoms with Gasteiger partial charge in [0.2, 0.25) is 5.91 Å². The zero-order chi connectivity index (χ0) is 18.2. The molecule has 134 valence electrons. The zero-order valence-corrected chi connectivity index (χ0v) is 16.4. The highest BCUT2D eigenvalue weighted by molar-refractivity contribution is 7.99. The number of hydrogen-bond acceptors (Lipinski definition) is 3. The van der Waals surface area contributed by atoms with Gasteiger partial charge in [0.1, 0.15) is 5.75 Å². The molecule has 2 aromatic rings. The van der Waals surface area contributed by atoms with Crippen LogP contribution in [0.25, 0.3) is 0 Å². The Kier molecular flexibility index (Phi) is 7.66. The smallest absolute Gasteiger partial charge is 0.230 e. The average molecular weight is 378 g/mol. The van der Waals surface area contributed by atoms with E-state index in [9.17, 15) is 4.79 Å². The molecule has 0 saturated carbocycles. The summed E-state index contributed by atoms with van der Waals surface area (Å²) in [4.78, 5) is 12.3. The monoisotopic (exact) mass is 377 g/mol. The molecule has 1 atom stereocenters. The third kappa shape index (κ3) is 5.68. The lowest BCUT2D eigenvalue weighted by atomic mass is 10.0. The lowest BCUT2D eigenvalue weighted by Gasteiger charge is -2.19. The fourth-order valence-electron chi connectivity index (χ4n) is 2.64. The van der Waals surface area contributed by atoms with Gasteiger partial charge in [-0.15, -0.1) is 11.8 Å². The number of methoxy groups -OCH3 is 1. The van der Waals surface area contributed by atoms with Gasteiger partial charge in [-0.3, -0.25) is 4.79 Å². The maximum absolute atomic E-state index is 12.3. The number of halogens is 1. The number of thioether (sulfide) groups is 1. The highest BCUT2D eigenvalue weighted by Crippen LogP contribution is 2.25. The van der Waals surface area contributed by atoms with Crippen molar-refractivity contribution in [3.63, 3.8) is 0 Å². The van der Waals surface area contributed by atoms with Crippen LogP contribution in [0.3, 0.4) is 0 Å². The Morgan fingerprint density at radius 2 is 2.04 bits per heavy atom. The van der Waals surface area contributed by atoms with E-state index >= 15 is 0 Å². The van der Waals surface area contributed by atoms with E-state index in [4.69, 9.17) is 16.3 Å². The van der Waals surface area contributed by atoms with Crippen LogP contribution in [-0.2, 0) is 10.5 Å². The van der Waals surface area contributed by atoms with E-state index in [0.29, 0.717) is 5.75 Å². The first kappa shape index (κ1) is 19.7. The normalized spacial score (nSPS) is 11.8. The van der Waals surface area contributed by atoms with Crippen molar-refractivity contribution in [1.82, 2.24) is 5.32 Å². The van der Waals surface area contributed by atoms with Crippen LogP contribution in [0.5, 0.6) is 5.75 Å². The topological polar surface area (TPSA) is 38.3 Å². The Balaban J connectivity index is 1.89. The number of carbonyl (C=O) groups excluding carboxylic acids is 1. The molecule has 0 unspecified atom stereocenters. The Bertz CT molecular complexity index is 721. The van der Waals surface area contributed by atoms with Gasteiger partial charge in [-0.05, 0) is 42.2 Å². The lowest BCUT2D eigenvalue weighted by molar-refractivity contribution is -0.119. The van der Waals surface area contributed by atoms with Gasteiger partial charge in [-0.1, -0.05) is 48.9 Å². The molecular weight excluding hydrogens is 354 g/mol. The van der Waals surface area contributed by atoms with E-state index in [-0.39, 0.29) is 11.9 Å². The second kappa shape index (κ2) is 9.73. The summed E-state index contributed by atoms with van der Waals surface area (Å²) in [5.74, 6) is 2.04. The van der Waals surface area contributed by atoms with Crippen molar-refractivity contribution in [3.05, 3.63) is 64.2 Å². The molecule has 0 radical (unpaired) electrons. The van der Waals surface area contributed by atoms with Crippen LogP contribution in [0.15, 0.2) is 42.5 Å². The van der Waals surface area contributed by atoms with E-state index in [1.807, 2.05) is 43.3 Å². The number of benzene rings is 2. The van der Waals surface area contributed by atoms with Gasteiger partial charge in [0.25, 0.3) is 0 Å². The molecule has 1 N–H and O–H groups in total. The standard InChI is InChI=1S/C20H24ClNO2S/c1-4-18(15-9-10-19(24-3)14(2)11-15)22-20(23)13-25-12-16-7-5-6-8-17(16)21/h5-11,18H,4,12-13H2,1-3H3,(H,22,23)/t18-/m1/s1. The van der Waals surface area contributed by atoms with Crippen molar-refractivity contribution in [1.29, 1.82) is 0 Å². The van der Waals surface area contributed by atoms with E-state index in [1.54, 1.807) is 18.9 Å². The van der Waals surface area contributed by atoms with Gasteiger partial charge in [0.15, 0.2) is 0 Å². The number of carbonyl (C=O) groups is 1. The summed E-state index contributed by atoms with van der Waals surface area (Å²) in [5, 5.41) is 3.86. The fraction of sp³-hybridized carbons (Fsp3) is 0.350. The molecule has 2 rings (SSSR count). The fourth-order valence-corrected chi connectivity index (χ4v) is 3.77. The molecule has 0 aromatic heterocycles. The van der Waals surface area contributed by atoms with Crippen molar-refractivity contribution in [3.8, 4) is 5.75 Å². The molecular formula is C20H24ClNO2S. The van der Waals surface area contributed by atoms with Gasteiger partial charge in [-0.2, -0.15) is 0 Å². The van der Waals surface area contributed by atoms with Crippen molar-refractivity contribution in [2.24, 2.45) is 0 Å². The molecule has 0 heterocycles. The van der Waals surface area contributed by atoms with Crippen LogP contribution in [0.4, 0.5) is 0 Å². The largest absolute Gasteiger partial charge is 0.496 e. The van der Waals surface area contributed by atoms with Gasteiger partial charge >= 0.3 is 0 Å². The first-order chi connectivity index (χ1) is 12.0. The van der Waals surface area contributed by atoms with Crippen molar-refractivity contribution in [2.45, 2.75) is 32.1 Å². The molecule has 3 nitrogen and oxygen atoms in total. The van der Waals surface area contributed by atoms with Crippen LogP contribution >= 0.6 is 23.4 Å². The molecule has 0 bridgehead atoms. The summed E-state index contributed by atoms with van der Waals surface area (Å²) in [5.41, 5.74) is 3.23. The minimum absolute atomic E-state index is 0.0121. The second-order valence-corrected chi connectivity index (χ2v) is 7.23. The Labute approximate surface area is 159 Å². The molecule has 1 amide bonds. The Morgan fingerprint density at radius 1 is 1.28 bits per heavy atom. The lowest BCUT2D eigenvalue weighted by Crippen LogP contribution is -2.29. The number of ether oxygens (including phenoxy) is 1. The maximum Gasteiger partial charge on any atom is 0.230 e. The van der Waals surface area contributed by atoms with Crippen LogP contribution in [-0.4, -0.2) is 18.8 Å². The number of amides is 1. The number of aryl methyl sites for hydroxylation is 1. The van der Waals surface area contributed by atoms with E-state index < -0.39 is 0 Å². The molecule has 0 fully saturated rings.